The van der Waals surface area contributed by atoms with Crippen molar-refractivity contribution in [3.05, 3.63) is 46.6 Å². The highest BCUT2D eigenvalue weighted by molar-refractivity contribution is 7.86. The highest BCUT2D eigenvalue weighted by Crippen LogP contribution is 2.46. The average Bonchev–Trinajstić information content (AvgIpc) is 2.51. The average molecular weight is 350 g/mol. The van der Waals surface area contributed by atoms with Crippen molar-refractivity contribution >= 4 is 21.1 Å². The molecule has 0 aliphatic carbocycles. The summed E-state index contributed by atoms with van der Waals surface area (Å²) in [6.07, 6.45) is 0. The fourth-order valence-electron chi connectivity index (χ4n) is 2.25. The van der Waals surface area contributed by atoms with Gasteiger partial charge in [-0.2, -0.15) is 8.42 Å². The lowest BCUT2D eigenvalue weighted by Crippen LogP contribution is -2.02. The van der Waals surface area contributed by atoms with Gasteiger partial charge in [-0.1, -0.05) is 12.1 Å². The third kappa shape index (κ3) is 2.45. The van der Waals surface area contributed by atoms with Gasteiger partial charge in [-0.3, -0.25) is 9.35 Å². The molecule has 0 fully saturated rings. The number of phenols is 3. The molecule has 1 aromatic heterocycles. The lowest BCUT2D eigenvalue weighted by molar-refractivity contribution is 0.359. The van der Waals surface area contributed by atoms with Gasteiger partial charge in [-0.25, -0.2) is 0 Å². The van der Waals surface area contributed by atoms with E-state index >= 15 is 0 Å². The maximum atomic E-state index is 12.1. The van der Waals surface area contributed by atoms with E-state index in [2.05, 4.69) is 0 Å². The number of hydrogen-bond donors (Lipinski definition) is 4. The summed E-state index contributed by atoms with van der Waals surface area (Å²) in [5.41, 5.74) is -0.687. The van der Waals surface area contributed by atoms with Gasteiger partial charge in [0.15, 0.2) is 16.9 Å². The summed E-state index contributed by atoms with van der Waals surface area (Å²) in [4.78, 5) is 11.1. The minimum absolute atomic E-state index is 0.167. The Bertz CT molecular complexity index is 1130. The molecule has 0 atom stereocenters. The molecule has 2 aromatic carbocycles. The molecular formula is C15H10O8S. The first-order chi connectivity index (χ1) is 11.2. The number of rotatable bonds is 2. The predicted octanol–water partition coefficient (Wildman–Crippen LogP) is 1.82. The monoisotopic (exact) mass is 350 g/mol. The summed E-state index contributed by atoms with van der Waals surface area (Å²) in [6, 6.07) is 7.91. The number of para-hydroxylation sites is 1. The summed E-state index contributed by atoms with van der Waals surface area (Å²) >= 11 is 0. The Kier molecular flexibility index (Phi) is 3.47. The van der Waals surface area contributed by atoms with Crippen molar-refractivity contribution in [3.63, 3.8) is 0 Å². The molecule has 0 unspecified atom stereocenters. The molecule has 24 heavy (non-hydrogen) atoms. The van der Waals surface area contributed by atoms with Crippen LogP contribution in [0.15, 0.2) is 50.5 Å². The van der Waals surface area contributed by atoms with Crippen LogP contribution in [0, 0.1) is 0 Å². The Balaban J connectivity index is 2.39. The summed E-state index contributed by atoms with van der Waals surface area (Å²) < 4.78 is 37.1. The van der Waals surface area contributed by atoms with E-state index in [9.17, 15) is 28.5 Å². The second-order valence-electron chi connectivity index (χ2n) is 4.91. The largest absolute Gasteiger partial charge is 0.504 e. The molecule has 9 heteroatoms. The van der Waals surface area contributed by atoms with Crippen molar-refractivity contribution in [2.45, 2.75) is 4.90 Å². The van der Waals surface area contributed by atoms with Gasteiger partial charge in [-0.05, 0) is 18.2 Å². The third-order valence-electron chi connectivity index (χ3n) is 3.39. The van der Waals surface area contributed by atoms with E-state index in [0.29, 0.717) is 6.07 Å². The third-order valence-corrected chi connectivity index (χ3v) is 4.26. The molecule has 0 bridgehead atoms. The topological polar surface area (TPSA) is 145 Å². The van der Waals surface area contributed by atoms with E-state index in [1.807, 2.05) is 0 Å². The van der Waals surface area contributed by atoms with Gasteiger partial charge in [0.05, 0.1) is 10.9 Å². The number of phenolic OH excluding ortho intramolecular Hbond substituents is 3. The quantitative estimate of drug-likeness (QED) is 0.404. The number of fused-ring (bicyclic) bond motifs is 1. The molecule has 124 valence electrons. The van der Waals surface area contributed by atoms with Gasteiger partial charge in [0.25, 0.3) is 10.1 Å². The standard InChI is InChI=1S/C15H10O8S/c16-9-6-11(23-10-4-2-1-3-7(9)10)8-5-12(24(20,21)22)14(18)15(19)13(8)17/h1-6,17-19H,(H,20,21,22). The summed E-state index contributed by atoms with van der Waals surface area (Å²) in [5.74, 6) is -3.55. The molecule has 0 spiro atoms. The Hall–Kier alpha value is -3.04. The van der Waals surface area contributed by atoms with Crippen LogP contribution < -0.4 is 5.43 Å². The first-order valence-corrected chi connectivity index (χ1v) is 7.93. The molecule has 0 radical (unpaired) electrons. The van der Waals surface area contributed by atoms with Crippen molar-refractivity contribution in [2.75, 3.05) is 0 Å². The number of benzene rings is 2. The minimum atomic E-state index is -4.90. The molecule has 0 aliphatic rings. The van der Waals surface area contributed by atoms with Gasteiger partial charge in [0.2, 0.25) is 5.75 Å². The van der Waals surface area contributed by atoms with Crippen LogP contribution >= 0.6 is 0 Å². The molecule has 0 saturated carbocycles. The van der Waals surface area contributed by atoms with Crippen molar-refractivity contribution in [2.24, 2.45) is 0 Å². The molecule has 1 heterocycles. The zero-order valence-corrected chi connectivity index (χ0v) is 12.6. The molecule has 0 amide bonds. The van der Waals surface area contributed by atoms with Gasteiger partial charge < -0.3 is 19.7 Å². The lowest BCUT2D eigenvalue weighted by atomic mass is 10.1. The van der Waals surface area contributed by atoms with Crippen LogP contribution in [0.25, 0.3) is 22.3 Å². The second kappa shape index (κ2) is 5.25. The maximum Gasteiger partial charge on any atom is 0.298 e. The Morgan fingerprint density at radius 1 is 0.917 bits per heavy atom. The van der Waals surface area contributed by atoms with E-state index in [1.165, 1.54) is 12.1 Å². The molecule has 0 saturated heterocycles. The summed E-state index contributed by atoms with van der Waals surface area (Å²) in [5, 5.41) is 29.4. The molecule has 8 nitrogen and oxygen atoms in total. The smallest absolute Gasteiger partial charge is 0.298 e. The van der Waals surface area contributed by atoms with E-state index in [0.717, 1.165) is 6.07 Å². The van der Waals surface area contributed by atoms with E-state index in [-0.39, 0.29) is 22.3 Å². The van der Waals surface area contributed by atoms with Crippen LogP contribution in [0.1, 0.15) is 0 Å². The first kappa shape index (κ1) is 15.8. The fourth-order valence-corrected chi connectivity index (χ4v) is 2.85. The second-order valence-corrected chi connectivity index (χ2v) is 6.30. The zero-order valence-electron chi connectivity index (χ0n) is 11.8. The van der Waals surface area contributed by atoms with Crippen LogP contribution in [0.4, 0.5) is 0 Å². The van der Waals surface area contributed by atoms with Crippen molar-refractivity contribution in [1.82, 2.24) is 0 Å². The number of aromatic hydroxyl groups is 3. The van der Waals surface area contributed by atoms with Gasteiger partial charge in [0, 0.05) is 6.07 Å². The van der Waals surface area contributed by atoms with E-state index < -0.39 is 37.7 Å². The van der Waals surface area contributed by atoms with Crippen LogP contribution in [0.5, 0.6) is 17.2 Å². The molecular weight excluding hydrogens is 340 g/mol. The van der Waals surface area contributed by atoms with Crippen LogP contribution in [0.2, 0.25) is 0 Å². The Morgan fingerprint density at radius 3 is 2.25 bits per heavy atom. The van der Waals surface area contributed by atoms with Crippen molar-refractivity contribution in [1.29, 1.82) is 0 Å². The highest BCUT2D eigenvalue weighted by atomic mass is 32.2. The van der Waals surface area contributed by atoms with E-state index in [4.69, 9.17) is 8.97 Å². The van der Waals surface area contributed by atoms with Crippen LogP contribution in [-0.2, 0) is 10.1 Å². The molecule has 3 rings (SSSR count). The van der Waals surface area contributed by atoms with Gasteiger partial charge in [0.1, 0.15) is 16.2 Å². The molecule has 3 aromatic rings. The SMILES string of the molecule is O=c1cc(-c2cc(S(=O)(=O)O)c(O)c(O)c2O)oc2ccccc12. The molecule has 4 N–H and O–H groups in total. The van der Waals surface area contributed by atoms with Crippen LogP contribution in [-0.4, -0.2) is 28.3 Å². The van der Waals surface area contributed by atoms with Gasteiger partial charge in [-0.15, -0.1) is 0 Å². The van der Waals surface area contributed by atoms with E-state index in [1.54, 1.807) is 12.1 Å². The van der Waals surface area contributed by atoms with Crippen LogP contribution in [0.3, 0.4) is 0 Å². The Morgan fingerprint density at radius 2 is 1.58 bits per heavy atom. The molecule has 0 aliphatic heterocycles. The maximum absolute atomic E-state index is 12.1. The highest BCUT2D eigenvalue weighted by Gasteiger charge is 2.26. The minimum Gasteiger partial charge on any atom is -0.504 e. The fraction of sp³-hybridized carbons (Fsp3) is 0. The van der Waals surface area contributed by atoms with Gasteiger partial charge >= 0.3 is 0 Å². The predicted molar refractivity (Wildman–Crippen MR) is 82.7 cm³/mol. The summed E-state index contributed by atoms with van der Waals surface area (Å²) in [6.45, 7) is 0. The zero-order chi connectivity index (χ0) is 17.6. The van der Waals surface area contributed by atoms with Crippen molar-refractivity contribution in [3.8, 4) is 28.6 Å². The first-order valence-electron chi connectivity index (χ1n) is 6.49. The van der Waals surface area contributed by atoms with Crippen molar-refractivity contribution < 1.29 is 32.7 Å². The summed E-state index contributed by atoms with van der Waals surface area (Å²) in [7, 11) is -4.90. The lowest BCUT2D eigenvalue weighted by Gasteiger charge is -2.10. The Labute approximate surface area is 134 Å². The normalized spacial score (nSPS) is 11.7. The number of hydrogen-bond acceptors (Lipinski definition) is 7.